The SMILES string of the molecule is CN(C)CC(=O)CCc1cccs1. The molecule has 0 amide bonds. The molecule has 0 aromatic carbocycles. The largest absolute Gasteiger partial charge is 0.302 e. The molecule has 0 saturated carbocycles. The van der Waals surface area contributed by atoms with Gasteiger partial charge in [-0.1, -0.05) is 6.07 Å². The summed E-state index contributed by atoms with van der Waals surface area (Å²) in [6, 6.07) is 4.10. The lowest BCUT2D eigenvalue weighted by atomic mass is 10.2. The lowest BCUT2D eigenvalue weighted by molar-refractivity contribution is -0.119. The molecule has 1 heterocycles. The Labute approximate surface area is 83.2 Å². The number of rotatable bonds is 5. The average Bonchev–Trinajstić information content (AvgIpc) is 2.51. The van der Waals surface area contributed by atoms with Crippen molar-refractivity contribution in [3.8, 4) is 0 Å². The predicted octanol–water partition coefficient (Wildman–Crippen LogP) is 1.81. The van der Waals surface area contributed by atoms with E-state index >= 15 is 0 Å². The molecule has 13 heavy (non-hydrogen) atoms. The van der Waals surface area contributed by atoms with Gasteiger partial charge in [0.1, 0.15) is 5.78 Å². The smallest absolute Gasteiger partial charge is 0.147 e. The van der Waals surface area contributed by atoms with Gasteiger partial charge in [0.25, 0.3) is 0 Å². The van der Waals surface area contributed by atoms with Crippen molar-refractivity contribution in [3.63, 3.8) is 0 Å². The van der Waals surface area contributed by atoms with Crippen molar-refractivity contribution in [1.82, 2.24) is 4.90 Å². The first kappa shape index (κ1) is 10.4. The fraction of sp³-hybridized carbons (Fsp3) is 0.500. The number of ketones is 1. The molecule has 0 N–H and O–H groups in total. The molecular weight excluding hydrogens is 182 g/mol. The highest BCUT2D eigenvalue weighted by molar-refractivity contribution is 7.09. The van der Waals surface area contributed by atoms with Gasteiger partial charge in [-0.05, 0) is 32.0 Å². The molecule has 1 aromatic heterocycles. The highest BCUT2D eigenvalue weighted by Crippen LogP contribution is 2.10. The zero-order valence-corrected chi connectivity index (χ0v) is 8.93. The number of hydrogen-bond acceptors (Lipinski definition) is 3. The van der Waals surface area contributed by atoms with Crippen LogP contribution in [-0.4, -0.2) is 31.3 Å². The predicted molar refractivity (Wildman–Crippen MR) is 56.2 cm³/mol. The summed E-state index contributed by atoms with van der Waals surface area (Å²) in [5, 5.41) is 2.05. The molecule has 0 atom stereocenters. The van der Waals surface area contributed by atoms with E-state index in [1.165, 1.54) is 4.88 Å². The van der Waals surface area contributed by atoms with Crippen LogP contribution in [0.2, 0.25) is 0 Å². The van der Waals surface area contributed by atoms with Crippen LogP contribution < -0.4 is 0 Å². The van der Waals surface area contributed by atoms with Gasteiger partial charge in [-0.25, -0.2) is 0 Å². The molecule has 3 heteroatoms. The lowest BCUT2D eigenvalue weighted by Gasteiger charge is -2.07. The van der Waals surface area contributed by atoms with Crippen molar-refractivity contribution < 1.29 is 4.79 Å². The summed E-state index contributed by atoms with van der Waals surface area (Å²) < 4.78 is 0. The third-order valence-corrected chi connectivity index (χ3v) is 2.66. The second-order valence-electron chi connectivity index (χ2n) is 3.36. The Morgan fingerprint density at radius 2 is 2.31 bits per heavy atom. The van der Waals surface area contributed by atoms with Gasteiger partial charge in [0.2, 0.25) is 0 Å². The van der Waals surface area contributed by atoms with E-state index in [9.17, 15) is 4.79 Å². The van der Waals surface area contributed by atoms with E-state index in [-0.39, 0.29) is 0 Å². The first-order valence-corrected chi connectivity index (χ1v) is 5.25. The Morgan fingerprint density at radius 1 is 1.54 bits per heavy atom. The molecule has 0 aliphatic carbocycles. The van der Waals surface area contributed by atoms with Crippen LogP contribution in [0.5, 0.6) is 0 Å². The summed E-state index contributed by atoms with van der Waals surface area (Å²) in [5.74, 6) is 0.318. The van der Waals surface area contributed by atoms with Gasteiger partial charge in [-0.3, -0.25) is 4.79 Å². The fourth-order valence-electron chi connectivity index (χ4n) is 1.15. The van der Waals surface area contributed by atoms with Crippen molar-refractivity contribution >= 4 is 17.1 Å². The molecule has 1 rings (SSSR count). The second-order valence-corrected chi connectivity index (χ2v) is 4.39. The van der Waals surface area contributed by atoms with Crippen LogP contribution in [0.15, 0.2) is 17.5 Å². The Balaban J connectivity index is 2.23. The highest BCUT2D eigenvalue weighted by atomic mass is 32.1. The summed E-state index contributed by atoms with van der Waals surface area (Å²) >= 11 is 1.72. The molecule has 0 fully saturated rings. The maximum absolute atomic E-state index is 11.3. The molecule has 72 valence electrons. The minimum atomic E-state index is 0.318. The number of Topliss-reactive ketones (excluding diaryl/α,β-unsaturated/α-hetero) is 1. The van der Waals surface area contributed by atoms with Crippen LogP contribution in [0.3, 0.4) is 0 Å². The number of carbonyl (C=O) groups excluding carboxylic acids is 1. The lowest BCUT2D eigenvalue weighted by Crippen LogP contribution is -2.21. The summed E-state index contributed by atoms with van der Waals surface area (Å²) in [6.45, 7) is 0.561. The average molecular weight is 197 g/mol. The monoisotopic (exact) mass is 197 g/mol. The van der Waals surface area contributed by atoms with E-state index in [0.29, 0.717) is 18.7 Å². The standard InChI is InChI=1S/C10H15NOS/c1-11(2)8-9(12)5-6-10-4-3-7-13-10/h3-4,7H,5-6,8H2,1-2H3. The number of nitrogens with zero attached hydrogens (tertiary/aromatic N) is 1. The maximum atomic E-state index is 11.3. The van der Waals surface area contributed by atoms with Crippen molar-refractivity contribution in [2.24, 2.45) is 0 Å². The zero-order valence-electron chi connectivity index (χ0n) is 8.12. The van der Waals surface area contributed by atoms with Crippen molar-refractivity contribution in [3.05, 3.63) is 22.4 Å². The maximum Gasteiger partial charge on any atom is 0.147 e. The topological polar surface area (TPSA) is 20.3 Å². The highest BCUT2D eigenvalue weighted by Gasteiger charge is 2.03. The minimum absolute atomic E-state index is 0.318. The van der Waals surface area contributed by atoms with Gasteiger partial charge >= 0.3 is 0 Å². The van der Waals surface area contributed by atoms with E-state index in [0.717, 1.165) is 6.42 Å². The van der Waals surface area contributed by atoms with Crippen LogP contribution in [0, 0.1) is 0 Å². The Kier molecular flexibility index (Phi) is 4.12. The molecule has 0 aliphatic rings. The van der Waals surface area contributed by atoms with Crippen LogP contribution in [0.4, 0.5) is 0 Å². The van der Waals surface area contributed by atoms with E-state index in [1.807, 2.05) is 30.4 Å². The third kappa shape index (κ3) is 4.20. The molecular formula is C10H15NOS. The van der Waals surface area contributed by atoms with Crippen molar-refractivity contribution in [1.29, 1.82) is 0 Å². The zero-order chi connectivity index (χ0) is 9.68. The number of thiophene rings is 1. The normalized spacial score (nSPS) is 10.7. The second kappa shape index (κ2) is 5.14. The Hall–Kier alpha value is -0.670. The fourth-order valence-corrected chi connectivity index (χ4v) is 1.86. The molecule has 0 radical (unpaired) electrons. The summed E-state index contributed by atoms with van der Waals surface area (Å²) in [4.78, 5) is 14.5. The minimum Gasteiger partial charge on any atom is -0.302 e. The molecule has 1 aromatic rings. The first-order valence-electron chi connectivity index (χ1n) is 4.37. The van der Waals surface area contributed by atoms with Crippen molar-refractivity contribution in [2.75, 3.05) is 20.6 Å². The molecule has 0 unspecified atom stereocenters. The van der Waals surface area contributed by atoms with Gasteiger partial charge in [0.05, 0.1) is 6.54 Å². The van der Waals surface area contributed by atoms with Gasteiger partial charge in [0.15, 0.2) is 0 Å². The van der Waals surface area contributed by atoms with Gasteiger partial charge in [0, 0.05) is 11.3 Å². The van der Waals surface area contributed by atoms with Gasteiger partial charge in [-0.2, -0.15) is 0 Å². The van der Waals surface area contributed by atoms with E-state index < -0.39 is 0 Å². The van der Waals surface area contributed by atoms with Gasteiger partial charge < -0.3 is 4.90 Å². The quantitative estimate of drug-likeness (QED) is 0.717. The molecule has 0 saturated heterocycles. The summed E-state index contributed by atoms with van der Waals surface area (Å²) in [7, 11) is 3.84. The Bertz CT molecular complexity index is 254. The van der Waals surface area contributed by atoms with Crippen LogP contribution in [0.25, 0.3) is 0 Å². The summed E-state index contributed by atoms with van der Waals surface area (Å²) in [5.41, 5.74) is 0. The summed E-state index contributed by atoms with van der Waals surface area (Å²) in [6.07, 6.45) is 1.56. The van der Waals surface area contributed by atoms with Crippen molar-refractivity contribution in [2.45, 2.75) is 12.8 Å². The Morgan fingerprint density at radius 3 is 2.85 bits per heavy atom. The number of hydrogen-bond donors (Lipinski definition) is 0. The first-order chi connectivity index (χ1) is 6.18. The van der Waals surface area contributed by atoms with Gasteiger partial charge in [-0.15, -0.1) is 11.3 Å². The van der Waals surface area contributed by atoms with Crippen LogP contribution in [0.1, 0.15) is 11.3 Å². The molecule has 0 aliphatic heterocycles. The van der Waals surface area contributed by atoms with E-state index in [4.69, 9.17) is 0 Å². The van der Waals surface area contributed by atoms with E-state index in [1.54, 1.807) is 11.3 Å². The van der Waals surface area contributed by atoms with E-state index in [2.05, 4.69) is 6.07 Å². The van der Waals surface area contributed by atoms with Crippen LogP contribution in [-0.2, 0) is 11.2 Å². The molecule has 2 nitrogen and oxygen atoms in total. The molecule has 0 bridgehead atoms. The molecule has 0 spiro atoms. The number of carbonyl (C=O) groups is 1. The number of aryl methyl sites for hydroxylation is 1. The third-order valence-electron chi connectivity index (χ3n) is 1.72. The number of likely N-dealkylation sites (N-methyl/N-ethyl adjacent to an activating group) is 1. The van der Waals surface area contributed by atoms with Crippen LogP contribution >= 0.6 is 11.3 Å².